The summed E-state index contributed by atoms with van der Waals surface area (Å²) >= 11 is 0. The summed E-state index contributed by atoms with van der Waals surface area (Å²) in [6.45, 7) is 5.43. The summed E-state index contributed by atoms with van der Waals surface area (Å²) in [7, 11) is 1.85. The van der Waals surface area contributed by atoms with E-state index in [1.165, 1.54) is 12.0 Å². The fraction of sp³-hybridized carbons (Fsp3) is 0.619. The number of likely N-dealkylation sites (tertiary alicyclic amines) is 1. The number of hydrogen-bond donors (Lipinski definition) is 1. The van der Waals surface area contributed by atoms with Gasteiger partial charge in [-0.3, -0.25) is 9.79 Å². The topological polar surface area (TPSA) is 57.2 Å². The largest absolute Gasteiger partial charge is 0.381 e. The molecule has 1 spiro atoms. The molecule has 3 aliphatic heterocycles. The second kappa shape index (κ2) is 9.43. The predicted molar refractivity (Wildman–Crippen MR) is 122 cm³/mol. The Morgan fingerprint density at radius 1 is 1.21 bits per heavy atom. The minimum absolute atomic E-state index is 0. The number of nitrogens with one attached hydrogen (secondary N) is 1. The highest BCUT2D eigenvalue weighted by Gasteiger charge is 2.42. The Bertz CT molecular complexity index is 701. The molecule has 3 heterocycles. The van der Waals surface area contributed by atoms with Gasteiger partial charge in [-0.25, -0.2) is 0 Å². The van der Waals surface area contributed by atoms with Gasteiger partial charge in [0.1, 0.15) is 0 Å². The Morgan fingerprint density at radius 3 is 2.71 bits per heavy atom. The van der Waals surface area contributed by atoms with Gasteiger partial charge in [0.25, 0.3) is 0 Å². The van der Waals surface area contributed by atoms with Gasteiger partial charge in [0.05, 0.1) is 6.61 Å². The molecule has 4 rings (SSSR count). The Hall–Kier alpha value is -1.35. The molecule has 0 aromatic heterocycles. The summed E-state index contributed by atoms with van der Waals surface area (Å²) in [5.41, 5.74) is 2.54. The van der Waals surface area contributed by atoms with E-state index in [9.17, 15) is 4.79 Å². The minimum atomic E-state index is 0. The fourth-order valence-electron chi connectivity index (χ4n) is 4.47. The number of aliphatic imine (C=N–C) groups is 1. The molecule has 1 N–H and O–H groups in total. The number of carbonyl (C=O) groups is 1. The average Bonchev–Trinajstić information content (AvgIpc) is 3.33. The van der Waals surface area contributed by atoms with Gasteiger partial charge in [-0.1, -0.05) is 12.1 Å². The molecular formula is C21H31IN4O2. The first-order valence-electron chi connectivity index (χ1n) is 10.1. The van der Waals surface area contributed by atoms with Crippen LogP contribution in [0.3, 0.4) is 0 Å². The van der Waals surface area contributed by atoms with E-state index in [-0.39, 0.29) is 29.9 Å². The van der Waals surface area contributed by atoms with E-state index in [2.05, 4.69) is 39.5 Å². The fourth-order valence-corrected chi connectivity index (χ4v) is 4.47. The third kappa shape index (κ3) is 4.62. The van der Waals surface area contributed by atoms with Crippen LogP contribution in [0.2, 0.25) is 0 Å². The second-order valence-corrected chi connectivity index (χ2v) is 8.04. The van der Waals surface area contributed by atoms with Gasteiger partial charge in [0.15, 0.2) is 5.96 Å². The number of nitrogens with zero attached hydrogens (tertiary/aromatic N) is 3. The van der Waals surface area contributed by atoms with Crippen LogP contribution in [0.5, 0.6) is 0 Å². The van der Waals surface area contributed by atoms with E-state index in [4.69, 9.17) is 4.74 Å². The number of carbonyl (C=O) groups excluding carboxylic acids is 1. The molecule has 0 bridgehead atoms. The van der Waals surface area contributed by atoms with Gasteiger partial charge in [-0.2, -0.15) is 0 Å². The third-order valence-corrected chi connectivity index (χ3v) is 6.16. The Morgan fingerprint density at radius 2 is 2.04 bits per heavy atom. The van der Waals surface area contributed by atoms with E-state index in [0.29, 0.717) is 11.8 Å². The van der Waals surface area contributed by atoms with E-state index < -0.39 is 0 Å². The Kier molecular flexibility index (Phi) is 7.20. The number of rotatable bonds is 3. The van der Waals surface area contributed by atoms with Crippen molar-refractivity contribution in [2.24, 2.45) is 10.4 Å². The number of ether oxygens (including phenoxy) is 1. The normalized spacial score (nSPS) is 25.3. The van der Waals surface area contributed by atoms with Crippen LogP contribution in [0.25, 0.3) is 0 Å². The summed E-state index contributed by atoms with van der Waals surface area (Å²) in [6.07, 6.45) is 5.12. The zero-order chi connectivity index (χ0) is 18.7. The SMILES string of the molecule is CN=C(NCc1ccc(N2CCCCC2=O)cc1)N1CCC2(CCOC2)C1.I. The van der Waals surface area contributed by atoms with Crippen LogP contribution < -0.4 is 10.2 Å². The quantitative estimate of drug-likeness (QED) is 0.396. The summed E-state index contributed by atoms with van der Waals surface area (Å²) in [4.78, 5) is 20.8. The lowest BCUT2D eigenvalue weighted by Crippen LogP contribution is -2.41. The third-order valence-electron chi connectivity index (χ3n) is 6.16. The number of guanidine groups is 1. The van der Waals surface area contributed by atoms with Gasteiger partial charge in [0, 0.05) is 57.4 Å². The monoisotopic (exact) mass is 498 g/mol. The smallest absolute Gasteiger partial charge is 0.226 e. The highest BCUT2D eigenvalue weighted by molar-refractivity contribution is 14.0. The van der Waals surface area contributed by atoms with Crippen molar-refractivity contribution in [1.29, 1.82) is 0 Å². The molecule has 7 heteroatoms. The maximum atomic E-state index is 12.1. The van der Waals surface area contributed by atoms with Crippen LogP contribution in [0, 0.1) is 5.41 Å². The molecular weight excluding hydrogens is 467 g/mol. The van der Waals surface area contributed by atoms with E-state index in [1.807, 2.05) is 11.9 Å². The number of piperidine rings is 1. The lowest BCUT2D eigenvalue weighted by molar-refractivity contribution is -0.119. The molecule has 154 valence electrons. The lowest BCUT2D eigenvalue weighted by atomic mass is 9.87. The summed E-state index contributed by atoms with van der Waals surface area (Å²) in [5.74, 6) is 1.21. The van der Waals surface area contributed by atoms with Crippen molar-refractivity contribution in [2.45, 2.75) is 38.6 Å². The molecule has 28 heavy (non-hydrogen) atoms. The van der Waals surface area contributed by atoms with Crippen molar-refractivity contribution in [1.82, 2.24) is 10.2 Å². The van der Waals surface area contributed by atoms with Gasteiger partial charge in [-0.15, -0.1) is 24.0 Å². The molecule has 1 unspecified atom stereocenters. The molecule has 3 aliphatic rings. The Balaban J connectivity index is 0.00000225. The number of anilines is 1. The molecule has 1 amide bonds. The van der Waals surface area contributed by atoms with Crippen molar-refractivity contribution in [3.63, 3.8) is 0 Å². The number of hydrogen-bond acceptors (Lipinski definition) is 3. The number of halogens is 1. The average molecular weight is 498 g/mol. The zero-order valence-electron chi connectivity index (χ0n) is 16.7. The van der Waals surface area contributed by atoms with Crippen LogP contribution in [0.1, 0.15) is 37.7 Å². The van der Waals surface area contributed by atoms with Gasteiger partial charge in [-0.05, 0) is 43.4 Å². The van der Waals surface area contributed by atoms with Crippen LogP contribution in [0.15, 0.2) is 29.3 Å². The molecule has 0 radical (unpaired) electrons. The molecule has 0 aliphatic carbocycles. The molecule has 3 fully saturated rings. The summed E-state index contributed by atoms with van der Waals surface area (Å²) < 4.78 is 5.63. The Labute approximate surface area is 184 Å². The van der Waals surface area contributed by atoms with Gasteiger partial charge >= 0.3 is 0 Å². The maximum absolute atomic E-state index is 12.1. The van der Waals surface area contributed by atoms with Gasteiger partial charge < -0.3 is 19.9 Å². The van der Waals surface area contributed by atoms with Gasteiger partial charge in [0.2, 0.25) is 5.91 Å². The summed E-state index contributed by atoms with van der Waals surface area (Å²) in [5, 5.41) is 3.50. The van der Waals surface area contributed by atoms with E-state index in [0.717, 1.165) is 70.3 Å². The second-order valence-electron chi connectivity index (χ2n) is 8.04. The first kappa shape index (κ1) is 21.4. The van der Waals surface area contributed by atoms with Crippen LogP contribution >= 0.6 is 24.0 Å². The molecule has 0 saturated carbocycles. The molecule has 1 aromatic rings. The van der Waals surface area contributed by atoms with Crippen molar-refractivity contribution in [2.75, 3.05) is 44.8 Å². The van der Waals surface area contributed by atoms with Crippen LogP contribution in [-0.4, -0.2) is 56.7 Å². The van der Waals surface area contributed by atoms with E-state index in [1.54, 1.807) is 0 Å². The molecule has 3 saturated heterocycles. The first-order valence-corrected chi connectivity index (χ1v) is 10.1. The number of benzene rings is 1. The molecule has 6 nitrogen and oxygen atoms in total. The molecule has 1 atom stereocenters. The molecule has 1 aromatic carbocycles. The first-order chi connectivity index (χ1) is 13.2. The highest BCUT2D eigenvalue weighted by Crippen LogP contribution is 2.38. The zero-order valence-corrected chi connectivity index (χ0v) is 19.0. The van der Waals surface area contributed by atoms with Crippen molar-refractivity contribution in [3.8, 4) is 0 Å². The van der Waals surface area contributed by atoms with E-state index >= 15 is 0 Å². The lowest BCUT2D eigenvalue weighted by Gasteiger charge is -2.27. The van der Waals surface area contributed by atoms with Crippen LogP contribution in [0.4, 0.5) is 5.69 Å². The maximum Gasteiger partial charge on any atom is 0.226 e. The van der Waals surface area contributed by atoms with Crippen molar-refractivity contribution in [3.05, 3.63) is 29.8 Å². The van der Waals surface area contributed by atoms with Crippen molar-refractivity contribution >= 4 is 41.5 Å². The standard InChI is InChI=1S/C21H30N4O2.HI/c1-22-20(24-12-9-21(15-24)10-13-27-16-21)23-14-17-5-7-18(8-6-17)25-11-3-2-4-19(25)26;/h5-8H,2-4,9-16H2,1H3,(H,22,23);1H. The predicted octanol–water partition coefficient (Wildman–Crippen LogP) is 3.01. The highest BCUT2D eigenvalue weighted by atomic mass is 127. The summed E-state index contributed by atoms with van der Waals surface area (Å²) in [6, 6.07) is 8.33. The minimum Gasteiger partial charge on any atom is -0.381 e. The van der Waals surface area contributed by atoms with Crippen LogP contribution in [-0.2, 0) is 16.1 Å². The van der Waals surface area contributed by atoms with Crippen molar-refractivity contribution < 1.29 is 9.53 Å². The number of amides is 1.